The molecule has 0 fully saturated rings. The van der Waals surface area contributed by atoms with Crippen molar-refractivity contribution in [2.75, 3.05) is 12.3 Å². The Balaban J connectivity index is 0.000000271. The van der Waals surface area contributed by atoms with E-state index in [0.717, 1.165) is 0 Å². The van der Waals surface area contributed by atoms with E-state index >= 15 is 0 Å². The van der Waals surface area contributed by atoms with E-state index < -0.39 is 5.97 Å². The maximum absolute atomic E-state index is 11.3. The van der Waals surface area contributed by atoms with Gasteiger partial charge in [0.1, 0.15) is 6.61 Å². The normalized spacial score (nSPS) is 18.1. The van der Waals surface area contributed by atoms with E-state index in [1.807, 2.05) is 0 Å². The van der Waals surface area contributed by atoms with Crippen LogP contribution >= 0.6 is 0 Å². The summed E-state index contributed by atoms with van der Waals surface area (Å²) in [6, 6.07) is 6.78. The molecule has 1 aromatic rings. The first-order chi connectivity index (χ1) is 12.7. The highest BCUT2D eigenvalue weighted by Gasteiger charge is 2.30. The number of nitrogen functional groups attached to an aromatic ring is 1. The van der Waals surface area contributed by atoms with Gasteiger partial charge in [0, 0.05) is 11.6 Å². The van der Waals surface area contributed by atoms with Crippen LogP contribution in [0.5, 0.6) is 0 Å². The summed E-state index contributed by atoms with van der Waals surface area (Å²) in [4.78, 5) is 22.2. The molecule has 0 saturated heterocycles. The minimum atomic E-state index is -0.419. The summed E-state index contributed by atoms with van der Waals surface area (Å²) in [7, 11) is 0. The standard InChI is InChI=1S/C13H20O.C10H11NO2/c1-10-6-5-9-13(3,4)12(10)8-7-11(2)14;1-2-7-13-10(12)8-5-3-4-6-9(8)11/h6-8,12H,5,9H2,1-4H3;2-6H,1,7,11H2/b8-7+;. The topological polar surface area (TPSA) is 69.4 Å². The number of rotatable bonds is 5. The van der Waals surface area contributed by atoms with Gasteiger partial charge in [0.2, 0.25) is 0 Å². The van der Waals surface area contributed by atoms with Crippen LogP contribution in [-0.4, -0.2) is 18.4 Å². The second-order valence-electron chi connectivity index (χ2n) is 7.40. The Kier molecular flexibility index (Phi) is 8.73. The van der Waals surface area contributed by atoms with E-state index in [1.165, 1.54) is 24.5 Å². The second kappa shape index (κ2) is 10.5. The van der Waals surface area contributed by atoms with E-state index in [4.69, 9.17) is 10.5 Å². The fourth-order valence-corrected chi connectivity index (χ4v) is 3.11. The van der Waals surface area contributed by atoms with Crippen molar-refractivity contribution in [3.8, 4) is 0 Å². The molecule has 1 atom stereocenters. The maximum atomic E-state index is 11.3. The lowest BCUT2D eigenvalue weighted by Gasteiger charge is -2.36. The van der Waals surface area contributed by atoms with Gasteiger partial charge < -0.3 is 10.5 Å². The average molecular weight is 370 g/mol. The second-order valence-corrected chi connectivity index (χ2v) is 7.40. The Labute approximate surface area is 162 Å². The van der Waals surface area contributed by atoms with Gasteiger partial charge in [0.25, 0.3) is 0 Å². The molecule has 0 amide bonds. The highest BCUT2D eigenvalue weighted by molar-refractivity contribution is 5.95. The quantitative estimate of drug-likeness (QED) is 0.338. The fourth-order valence-electron chi connectivity index (χ4n) is 3.11. The minimum Gasteiger partial charge on any atom is -0.458 e. The van der Waals surface area contributed by atoms with Crippen LogP contribution in [0.4, 0.5) is 5.69 Å². The van der Waals surface area contributed by atoms with Crippen molar-refractivity contribution in [1.82, 2.24) is 0 Å². The van der Waals surface area contributed by atoms with Crippen molar-refractivity contribution in [3.63, 3.8) is 0 Å². The molecule has 1 aliphatic rings. The molecular formula is C23H31NO3. The molecule has 0 radical (unpaired) electrons. The third-order valence-corrected chi connectivity index (χ3v) is 4.62. The molecule has 27 heavy (non-hydrogen) atoms. The van der Waals surface area contributed by atoms with Gasteiger partial charge in [0.05, 0.1) is 5.56 Å². The predicted molar refractivity (Wildman–Crippen MR) is 111 cm³/mol. The van der Waals surface area contributed by atoms with Gasteiger partial charge in [0.15, 0.2) is 5.78 Å². The van der Waals surface area contributed by atoms with Gasteiger partial charge >= 0.3 is 5.97 Å². The Bertz CT molecular complexity index is 729. The molecule has 0 spiro atoms. The highest BCUT2D eigenvalue weighted by atomic mass is 16.5. The molecule has 0 aromatic heterocycles. The molecule has 0 bridgehead atoms. The van der Waals surface area contributed by atoms with E-state index in [0.29, 0.717) is 22.6 Å². The van der Waals surface area contributed by atoms with Crippen LogP contribution in [0.1, 0.15) is 50.9 Å². The van der Waals surface area contributed by atoms with Crippen molar-refractivity contribution in [2.45, 2.75) is 40.5 Å². The molecule has 0 heterocycles. The summed E-state index contributed by atoms with van der Waals surface area (Å²) in [5.41, 5.74) is 8.08. The first-order valence-electron chi connectivity index (χ1n) is 9.17. The molecule has 0 aliphatic heterocycles. The van der Waals surface area contributed by atoms with Crippen LogP contribution in [-0.2, 0) is 9.53 Å². The van der Waals surface area contributed by atoms with Crippen LogP contribution in [0.15, 0.2) is 60.7 Å². The van der Waals surface area contributed by atoms with Gasteiger partial charge in [-0.1, -0.05) is 56.4 Å². The molecule has 0 saturated carbocycles. The smallest absolute Gasteiger partial charge is 0.340 e. The van der Waals surface area contributed by atoms with E-state index in [2.05, 4.69) is 39.5 Å². The molecule has 2 rings (SSSR count). The van der Waals surface area contributed by atoms with Crippen molar-refractivity contribution >= 4 is 17.4 Å². The minimum absolute atomic E-state index is 0.138. The zero-order chi connectivity index (χ0) is 20.4. The molecule has 4 heteroatoms. The number of para-hydroxylation sites is 1. The number of anilines is 1. The zero-order valence-corrected chi connectivity index (χ0v) is 16.8. The Hall–Kier alpha value is -2.62. The molecule has 2 N–H and O–H groups in total. The molecule has 1 unspecified atom stereocenters. The van der Waals surface area contributed by atoms with Crippen molar-refractivity contribution < 1.29 is 14.3 Å². The molecule has 1 aliphatic carbocycles. The van der Waals surface area contributed by atoms with Crippen molar-refractivity contribution in [1.29, 1.82) is 0 Å². The first-order valence-corrected chi connectivity index (χ1v) is 9.17. The zero-order valence-electron chi connectivity index (χ0n) is 16.8. The van der Waals surface area contributed by atoms with Gasteiger partial charge in [-0.2, -0.15) is 0 Å². The highest BCUT2D eigenvalue weighted by Crippen LogP contribution is 2.41. The van der Waals surface area contributed by atoms with E-state index in [9.17, 15) is 9.59 Å². The van der Waals surface area contributed by atoms with Gasteiger partial charge in [-0.15, -0.1) is 0 Å². The third kappa shape index (κ3) is 7.26. The molecular weight excluding hydrogens is 338 g/mol. The summed E-state index contributed by atoms with van der Waals surface area (Å²) < 4.78 is 4.82. The summed E-state index contributed by atoms with van der Waals surface area (Å²) in [6.07, 6.45) is 9.94. The maximum Gasteiger partial charge on any atom is 0.340 e. The molecule has 146 valence electrons. The third-order valence-electron chi connectivity index (χ3n) is 4.62. The van der Waals surface area contributed by atoms with Crippen LogP contribution in [0.2, 0.25) is 0 Å². The van der Waals surface area contributed by atoms with Gasteiger partial charge in [-0.25, -0.2) is 4.79 Å². The number of benzene rings is 1. The van der Waals surface area contributed by atoms with Gasteiger partial charge in [-0.05, 0) is 50.3 Å². The number of esters is 1. The summed E-state index contributed by atoms with van der Waals surface area (Å²) in [5, 5.41) is 0. The van der Waals surface area contributed by atoms with Crippen LogP contribution in [0.25, 0.3) is 0 Å². The van der Waals surface area contributed by atoms with Crippen molar-refractivity contribution in [3.05, 3.63) is 66.3 Å². The van der Waals surface area contributed by atoms with E-state index in [-0.39, 0.29) is 12.4 Å². The monoisotopic (exact) mass is 369 g/mol. The van der Waals surface area contributed by atoms with Gasteiger partial charge in [-0.3, -0.25) is 4.79 Å². The number of hydrogen-bond acceptors (Lipinski definition) is 4. The Morgan fingerprint density at radius 3 is 2.56 bits per heavy atom. The SMILES string of the molecule is C=CCOC(=O)c1ccccc1N.CC(=O)/C=C/C1C(C)=CCCC1(C)C. The lowest BCUT2D eigenvalue weighted by molar-refractivity contribution is -0.112. The number of allylic oxidation sites excluding steroid dienone is 4. The molecule has 1 aromatic carbocycles. The van der Waals surface area contributed by atoms with Crippen LogP contribution in [0, 0.1) is 11.3 Å². The number of nitrogens with two attached hydrogens (primary N) is 1. The lowest BCUT2D eigenvalue weighted by Crippen LogP contribution is -2.26. The average Bonchev–Trinajstić information content (AvgIpc) is 2.59. The number of ketones is 1. The number of carbonyl (C=O) groups is 2. The lowest BCUT2D eigenvalue weighted by atomic mass is 9.68. The summed E-state index contributed by atoms with van der Waals surface area (Å²) in [6.45, 7) is 12.0. The largest absolute Gasteiger partial charge is 0.458 e. The number of ether oxygens (including phenoxy) is 1. The van der Waals surface area contributed by atoms with Crippen LogP contribution in [0.3, 0.4) is 0 Å². The van der Waals surface area contributed by atoms with Crippen molar-refractivity contribution in [2.24, 2.45) is 11.3 Å². The Morgan fingerprint density at radius 2 is 2.00 bits per heavy atom. The first kappa shape index (κ1) is 22.4. The predicted octanol–water partition coefficient (Wildman–Crippen LogP) is 5.13. The summed E-state index contributed by atoms with van der Waals surface area (Å²) in [5.74, 6) is 0.150. The molecule has 4 nitrogen and oxygen atoms in total. The number of hydrogen-bond donors (Lipinski definition) is 1. The number of carbonyl (C=O) groups excluding carboxylic acids is 2. The van der Waals surface area contributed by atoms with Crippen LogP contribution < -0.4 is 5.73 Å². The van der Waals surface area contributed by atoms with E-state index in [1.54, 1.807) is 37.3 Å². The Morgan fingerprint density at radius 1 is 1.33 bits per heavy atom. The summed E-state index contributed by atoms with van der Waals surface area (Å²) >= 11 is 0. The fraction of sp³-hybridized carbons (Fsp3) is 0.391.